The van der Waals surface area contributed by atoms with Gasteiger partial charge in [0.25, 0.3) is 0 Å². The third-order valence-corrected chi connectivity index (χ3v) is 4.42. The van der Waals surface area contributed by atoms with E-state index in [1.54, 1.807) is 7.05 Å². The summed E-state index contributed by atoms with van der Waals surface area (Å²) >= 11 is 6.22. The van der Waals surface area contributed by atoms with Crippen molar-refractivity contribution in [3.8, 4) is 0 Å². The molecule has 2 aromatic carbocycles. The number of anilines is 2. The summed E-state index contributed by atoms with van der Waals surface area (Å²) in [6, 6.07) is 13.8. The van der Waals surface area contributed by atoms with E-state index in [-0.39, 0.29) is 30.3 Å². The van der Waals surface area contributed by atoms with E-state index in [0.717, 1.165) is 5.69 Å². The summed E-state index contributed by atoms with van der Waals surface area (Å²) in [6.45, 7) is 1.52. The molecule has 0 N–H and O–H groups in total. The van der Waals surface area contributed by atoms with E-state index in [1.165, 1.54) is 42.0 Å². The van der Waals surface area contributed by atoms with E-state index in [2.05, 4.69) is 0 Å². The maximum absolute atomic E-state index is 12.5. The van der Waals surface area contributed by atoms with Crippen molar-refractivity contribution >= 4 is 40.8 Å². The van der Waals surface area contributed by atoms with Crippen LogP contribution in [0.15, 0.2) is 48.5 Å². The number of carbonyl (C=O) groups excluding carboxylic acids is 3. The van der Waals surface area contributed by atoms with Crippen LogP contribution in [-0.2, 0) is 14.3 Å². The summed E-state index contributed by atoms with van der Waals surface area (Å²) in [4.78, 5) is 39.3. The molecular formula is C20H21ClN2O4. The lowest BCUT2D eigenvalue weighted by molar-refractivity contribution is -0.118. The number of esters is 1. The van der Waals surface area contributed by atoms with Gasteiger partial charge in [0.2, 0.25) is 11.8 Å². The van der Waals surface area contributed by atoms with Crippen LogP contribution in [0.1, 0.15) is 23.7 Å². The molecule has 142 valence electrons. The molecule has 0 saturated carbocycles. The van der Waals surface area contributed by atoms with Crippen LogP contribution in [0.4, 0.5) is 11.4 Å². The molecule has 0 aliphatic carbocycles. The molecule has 0 fully saturated rings. The molecule has 7 heteroatoms. The third kappa shape index (κ3) is 5.08. The molecule has 0 heterocycles. The fourth-order valence-corrected chi connectivity index (χ4v) is 2.80. The second kappa shape index (κ2) is 9.19. The van der Waals surface area contributed by atoms with Crippen molar-refractivity contribution in [1.29, 1.82) is 0 Å². The number of hydrogen-bond donors (Lipinski definition) is 0. The topological polar surface area (TPSA) is 66.9 Å². The fourth-order valence-electron chi connectivity index (χ4n) is 2.58. The third-order valence-electron chi connectivity index (χ3n) is 4.11. The van der Waals surface area contributed by atoms with Crippen LogP contribution in [0.5, 0.6) is 0 Å². The largest absolute Gasteiger partial charge is 0.465 e. The first kappa shape index (κ1) is 20.5. The minimum absolute atomic E-state index is 0.101. The zero-order chi connectivity index (χ0) is 20.0. The normalized spacial score (nSPS) is 10.2. The number of ether oxygens (including phenoxy) is 1. The van der Waals surface area contributed by atoms with Gasteiger partial charge in [0.05, 0.1) is 23.4 Å². The summed E-state index contributed by atoms with van der Waals surface area (Å²) < 4.78 is 4.70. The maximum atomic E-state index is 12.5. The lowest BCUT2D eigenvalue weighted by Gasteiger charge is -2.24. The molecule has 6 nitrogen and oxygen atoms in total. The number of carbonyl (C=O) groups is 3. The number of rotatable bonds is 6. The highest BCUT2D eigenvalue weighted by molar-refractivity contribution is 6.34. The second-order valence-electron chi connectivity index (χ2n) is 5.87. The highest BCUT2D eigenvalue weighted by atomic mass is 35.5. The molecule has 0 aliphatic rings. The van der Waals surface area contributed by atoms with Crippen LogP contribution in [-0.4, -0.2) is 38.5 Å². The van der Waals surface area contributed by atoms with Gasteiger partial charge >= 0.3 is 5.97 Å². The van der Waals surface area contributed by atoms with Crippen molar-refractivity contribution < 1.29 is 19.1 Å². The molecule has 2 rings (SSSR count). The molecule has 0 atom stereocenters. The summed E-state index contributed by atoms with van der Waals surface area (Å²) in [5, 5.41) is 0.307. The van der Waals surface area contributed by atoms with Crippen LogP contribution in [0.3, 0.4) is 0 Å². The van der Waals surface area contributed by atoms with Crippen molar-refractivity contribution in [1.82, 2.24) is 0 Å². The highest BCUT2D eigenvalue weighted by Gasteiger charge is 2.20. The van der Waals surface area contributed by atoms with Gasteiger partial charge in [-0.1, -0.05) is 29.8 Å². The van der Waals surface area contributed by atoms with Crippen LogP contribution >= 0.6 is 11.6 Å². The number of nitrogens with zero attached hydrogens (tertiary/aromatic N) is 2. The molecule has 0 saturated heterocycles. The summed E-state index contributed by atoms with van der Waals surface area (Å²) in [5.74, 6) is -0.960. The number of methoxy groups -OCH3 is 1. The molecule has 2 aromatic rings. The molecular weight excluding hydrogens is 368 g/mol. The first-order valence-electron chi connectivity index (χ1n) is 8.32. The minimum atomic E-state index is -0.531. The van der Waals surface area contributed by atoms with Gasteiger partial charge in [-0.3, -0.25) is 9.59 Å². The Labute approximate surface area is 163 Å². The highest BCUT2D eigenvalue weighted by Crippen LogP contribution is 2.28. The Bertz CT molecular complexity index is 839. The Morgan fingerprint density at radius 2 is 1.74 bits per heavy atom. The van der Waals surface area contributed by atoms with Gasteiger partial charge < -0.3 is 14.5 Å². The van der Waals surface area contributed by atoms with Gasteiger partial charge in [-0.2, -0.15) is 0 Å². The predicted octanol–water partition coefficient (Wildman–Crippen LogP) is 3.53. The molecule has 0 aromatic heterocycles. The Morgan fingerprint density at radius 1 is 1.07 bits per heavy atom. The fraction of sp³-hybridized carbons (Fsp3) is 0.250. The molecule has 0 radical (unpaired) electrons. The predicted molar refractivity (Wildman–Crippen MR) is 105 cm³/mol. The average molecular weight is 389 g/mol. The minimum Gasteiger partial charge on any atom is -0.465 e. The Hall–Kier alpha value is -2.86. The van der Waals surface area contributed by atoms with Gasteiger partial charge in [0.15, 0.2) is 0 Å². The average Bonchev–Trinajstić information content (AvgIpc) is 2.68. The van der Waals surface area contributed by atoms with Crippen molar-refractivity contribution in [2.45, 2.75) is 13.3 Å². The summed E-state index contributed by atoms with van der Waals surface area (Å²) in [6.07, 6.45) is 0.101. The van der Waals surface area contributed by atoms with Gasteiger partial charge in [-0.05, 0) is 30.3 Å². The number of halogens is 1. The van der Waals surface area contributed by atoms with Crippen molar-refractivity contribution in [2.75, 3.05) is 30.5 Å². The van der Waals surface area contributed by atoms with Crippen molar-refractivity contribution in [3.63, 3.8) is 0 Å². The first-order valence-corrected chi connectivity index (χ1v) is 8.70. The smallest absolute Gasteiger partial charge is 0.337 e. The van der Waals surface area contributed by atoms with Crippen molar-refractivity contribution in [2.24, 2.45) is 0 Å². The van der Waals surface area contributed by atoms with Crippen LogP contribution in [0.2, 0.25) is 5.02 Å². The molecule has 27 heavy (non-hydrogen) atoms. The van der Waals surface area contributed by atoms with E-state index in [0.29, 0.717) is 10.7 Å². The standard InChI is InChI=1S/C20H21ClN2O4/c1-14(24)23(18-13-15(20(26)27-3)9-10-17(18)21)12-11-19(25)22(2)16-7-5-4-6-8-16/h4-10,13H,11-12H2,1-3H3. The monoisotopic (exact) mass is 388 g/mol. The maximum Gasteiger partial charge on any atom is 0.337 e. The first-order chi connectivity index (χ1) is 12.8. The zero-order valence-corrected chi connectivity index (χ0v) is 16.2. The lowest BCUT2D eigenvalue weighted by Crippen LogP contribution is -2.35. The molecule has 0 spiro atoms. The number of para-hydroxylation sites is 1. The Balaban J connectivity index is 2.18. The van der Waals surface area contributed by atoms with E-state index < -0.39 is 5.97 Å². The lowest BCUT2D eigenvalue weighted by atomic mass is 10.1. The van der Waals surface area contributed by atoms with Gasteiger partial charge in [0, 0.05) is 32.6 Å². The van der Waals surface area contributed by atoms with Crippen LogP contribution < -0.4 is 9.80 Å². The molecule has 2 amide bonds. The van der Waals surface area contributed by atoms with Gasteiger partial charge in [-0.15, -0.1) is 0 Å². The van der Waals surface area contributed by atoms with E-state index >= 15 is 0 Å². The summed E-state index contributed by atoms with van der Waals surface area (Å²) in [7, 11) is 2.96. The quantitative estimate of drug-likeness (QED) is 0.710. The van der Waals surface area contributed by atoms with Crippen LogP contribution in [0.25, 0.3) is 0 Å². The van der Waals surface area contributed by atoms with Gasteiger partial charge in [0.1, 0.15) is 0 Å². The second-order valence-corrected chi connectivity index (χ2v) is 6.27. The summed E-state index contributed by atoms with van der Waals surface area (Å²) in [5.41, 5.74) is 1.40. The van der Waals surface area contributed by atoms with Gasteiger partial charge in [-0.25, -0.2) is 4.79 Å². The van der Waals surface area contributed by atoms with E-state index in [4.69, 9.17) is 16.3 Å². The van der Waals surface area contributed by atoms with Crippen molar-refractivity contribution in [3.05, 3.63) is 59.1 Å². The Morgan fingerprint density at radius 3 is 2.33 bits per heavy atom. The van der Waals surface area contributed by atoms with E-state index in [9.17, 15) is 14.4 Å². The van der Waals surface area contributed by atoms with Crippen LogP contribution in [0, 0.1) is 0 Å². The molecule has 0 unspecified atom stereocenters. The number of amides is 2. The number of hydrogen-bond acceptors (Lipinski definition) is 4. The zero-order valence-electron chi connectivity index (χ0n) is 15.4. The number of benzene rings is 2. The molecule has 0 aliphatic heterocycles. The van der Waals surface area contributed by atoms with E-state index in [1.807, 2.05) is 30.3 Å². The molecule has 0 bridgehead atoms. The SMILES string of the molecule is COC(=O)c1ccc(Cl)c(N(CCC(=O)N(C)c2ccccc2)C(C)=O)c1. The Kier molecular flexibility index (Phi) is 6.96.